The molecule has 0 fully saturated rings. The van der Waals surface area contributed by atoms with Crippen molar-refractivity contribution in [3.8, 4) is 0 Å². The minimum atomic E-state index is 0.622. The third-order valence-electron chi connectivity index (χ3n) is 1.25. The number of hydrogen-bond donors (Lipinski definition) is 1. The van der Waals surface area contributed by atoms with E-state index in [1.165, 1.54) is 0 Å². The fourth-order valence-electron chi connectivity index (χ4n) is 0.634. The molecule has 0 aromatic heterocycles. The Morgan fingerprint density at radius 1 is 1.36 bits per heavy atom. The van der Waals surface area contributed by atoms with E-state index in [-0.39, 0.29) is 0 Å². The SMILES string of the molecule is CC(Cl)=CC(Cl)=C(C)CCN. The third kappa shape index (κ3) is 5.31. The van der Waals surface area contributed by atoms with Gasteiger partial charge in [0.05, 0.1) is 0 Å². The Kier molecular flexibility index (Phi) is 5.65. The maximum Gasteiger partial charge on any atom is 0.0407 e. The van der Waals surface area contributed by atoms with Crippen LogP contribution >= 0.6 is 23.2 Å². The lowest BCUT2D eigenvalue weighted by Gasteiger charge is -1.99. The molecule has 0 aliphatic carbocycles. The predicted octanol–water partition coefficient (Wildman–Crippen LogP) is 2.99. The highest BCUT2D eigenvalue weighted by molar-refractivity contribution is 6.34. The van der Waals surface area contributed by atoms with Gasteiger partial charge in [-0.05, 0) is 32.9 Å². The zero-order chi connectivity index (χ0) is 8.85. The first-order valence-corrected chi connectivity index (χ1v) is 4.22. The predicted molar refractivity (Wildman–Crippen MR) is 51.8 cm³/mol. The van der Waals surface area contributed by atoms with E-state index in [1.54, 1.807) is 13.0 Å². The number of nitrogens with two attached hydrogens (primary N) is 1. The van der Waals surface area contributed by atoms with Gasteiger partial charge in [-0.3, -0.25) is 0 Å². The molecule has 0 spiro atoms. The van der Waals surface area contributed by atoms with Crippen molar-refractivity contribution < 1.29 is 0 Å². The standard InChI is InChI=1S/C8H13Cl2N/c1-6(3-4-11)8(10)5-7(2)9/h5H,3-4,11H2,1-2H3. The molecule has 0 heterocycles. The normalized spacial score (nSPS) is 14.8. The molecule has 0 radical (unpaired) electrons. The second kappa shape index (κ2) is 5.64. The minimum Gasteiger partial charge on any atom is -0.330 e. The molecule has 3 heteroatoms. The maximum atomic E-state index is 5.87. The molecule has 0 saturated heterocycles. The highest BCUT2D eigenvalue weighted by Crippen LogP contribution is 2.16. The van der Waals surface area contributed by atoms with Gasteiger partial charge in [0.25, 0.3) is 0 Å². The molecule has 0 aromatic carbocycles. The fourth-order valence-corrected chi connectivity index (χ4v) is 1.06. The lowest BCUT2D eigenvalue weighted by atomic mass is 10.2. The molecule has 0 atom stereocenters. The Morgan fingerprint density at radius 3 is 2.27 bits per heavy atom. The monoisotopic (exact) mass is 193 g/mol. The summed E-state index contributed by atoms with van der Waals surface area (Å²) < 4.78 is 0. The summed E-state index contributed by atoms with van der Waals surface area (Å²) in [5.74, 6) is 0. The van der Waals surface area contributed by atoms with Gasteiger partial charge < -0.3 is 5.73 Å². The molecule has 0 aromatic rings. The second-order valence-corrected chi connectivity index (χ2v) is 3.40. The summed E-state index contributed by atoms with van der Waals surface area (Å²) in [6.07, 6.45) is 2.55. The van der Waals surface area contributed by atoms with Crippen LogP contribution in [0.2, 0.25) is 0 Å². The van der Waals surface area contributed by atoms with Crippen LogP contribution in [0.4, 0.5) is 0 Å². The summed E-state index contributed by atoms with van der Waals surface area (Å²) in [5, 5.41) is 1.38. The number of halogens is 2. The topological polar surface area (TPSA) is 26.0 Å². The smallest absolute Gasteiger partial charge is 0.0407 e. The summed E-state index contributed by atoms with van der Waals surface area (Å²) in [6.45, 7) is 4.36. The minimum absolute atomic E-state index is 0.622. The van der Waals surface area contributed by atoms with Crippen LogP contribution in [-0.4, -0.2) is 6.54 Å². The van der Waals surface area contributed by atoms with Crippen LogP contribution < -0.4 is 5.73 Å². The van der Waals surface area contributed by atoms with Crippen LogP contribution in [-0.2, 0) is 0 Å². The van der Waals surface area contributed by atoms with Crippen molar-refractivity contribution in [2.45, 2.75) is 20.3 Å². The van der Waals surface area contributed by atoms with Gasteiger partial charge in [0, 0.05) is 10.1 Å². The molecule has 1 nitrogen and oxygen atoms in total. The summed E-state index contributed by atoms with van der Waals surface area (Å²) in [7, 11) is 0. The van der Waals surface area contributed by atoms with E-state index in [0.29, 0.717) is 16.6 Å². The van der Waals surface area contributed by atoms with E-state index in [1.807, 2.05) is 6.92 Å². The van der Waals surface area contributed by atoms with E-state index < -0.39 is 0 Å². The van der Waals surface area contributed by atoms with Crippen molar-refractivity contribution in [1.82, 2.24) is 0 Å². The fraction of sp³-hybridized carbons (Fsp3) is 0.500. The lowest BCUT2D eigenvalue weighted by Crippen LogP contribution is -1.99. The van der Waals surface area contributed by atoms with E-state index in [4.69, 9.17) is 28.9 Å². The summed E-state index contributed by atoms with van der Waals surface area (Å²) in [6, 6.07) is 0. The Balaban J connectivity index is 4.27. The molecule has 0 amide bonds. The van der Waals surface area contributed by atoms with Gasteiger partial charge in [0.15, 0.2) is 0 Å². The van der Waals surface area contributed by atoms with Gasteiger partial charge in [-0.25, -0.2) is 0 Å². The van der Waals surface area contributed by atoms with Gasteiger partial charge in [-0.15, -0.1) is 0 Å². The first-order valence-electron chi connectivity index (χ1n) is 3.47. The summed E-state index contributed by atoms with van der Waals surface area (Å²) in [4.78, 5) is 0. The molecule has 2 N–H and O–H groups in total. The zero-order valence-electron chi connectivity index (χ0n) is 6.82. The van der Waals surface area contributed by atoms with Crippen molar-refractivity contribution in [3.05, 3.63) is 21.7 Å². The molecule has 64 valence electrons. The Labute approximate surface area is 77.9 Å². The first-order chi connectivity index (χ1) is 5.07. The molecular formula is C8H13Cl2N. The van der Waals surface area contributed by atoms with Gasteiger partial charge in [0.2, 0.25) is 0 Å². The van der Waals surface area contributed by atoms with Crippen LogP contribution in [0.3, 0.4) is 0 Å². The van der Waals surface area contributed by atoms with Gasteiger partial charge in [-0.2, -0.15) is 0 Å². The average Bonchev–Trinajstić information content (AvgIpc) is 1.86. The van der Waals surface area contributed by atoms with E-state index >= 15 is 0 Å². The first kappa shape index (κ1) is 11.0. The molecule has 0 rings (SSSR count). The highest BCUT2D eigenvalue weighted by Gasteiger charge is 1.94. The molecule has 11 heavy (non-hydrogen) atoms. The van der Waals surface area contributed by atoms with Crippen LogP contribution in [0.1, 0.15) is 20.3 Å². The maximum absolute atomic E-state index is 5.87. The zero-order valence-corrected chi connectivity index (χ0v) is 8.34. The van der Waals surface area contributed by atoms with E-state index in [9.17, 15) is 0 Å². The Morgan fingerprint density at radius 2 is 1.91 bits per heavy atom. The molecular weight excluding hydrogens is 181 g/mol. The molecule has 0 unspecified atom stereocenters. The van der Waals surface area contributed by atoms with Gasteiger partial charge in [-0.1, -0.05) is 28.8 Å². The lowest BCUT2D eigenvalue weighted by molar-refractivity contribution is 0.947. The van der Waals surface area contributed by atoms with Crippen molar-refractivity contribution in [1.29, 1.82) is 0 Å². The number of hydrogen-bond acceptors (Lipinski definition) is 1. The van der Waals surface area contributed by atoms with Crippen LogP contribution in [0.25, 0.3) is 0 Å². The molecule has 0 bridgehead atoms. The van der Waals surface area contributed by atoms with Crippen LogP contribution in [0.5, 0.6) is 0 Å². The van der Waals surface area contributed by atoms with Gasteiger partial charge in [0.1, 0.15) is 0 Å². The van der Waals surface area contributed by atoms with Gasteiger partial charge >= 0.3 is 0 Å². The van der Waals surface area contributed by atoms with E-state index in [0.717, 1.165) is 12.0 Å². The largest absolute Gasteiger partial charge is 0.330 e. The van der Waals surface area contributed by atoms with Crippen LogP contribution in [0.15, 0.2) is 21.7 Å². The Bertz CT molecular complexity index is 179. The van der Waals surface area contributed by atoms with Crippen molar-refractivity contribution in [2.75, 3.05) is 6.54 Å². The molecule has 0 aliphatic rings. The van der Waals surface area contributed by atoms with Crippen molar-refractivity contribution in [2.24, 2.45) is 5.73 Å². The van der Waals surface area contributed by atoms with E-state index in [2.05, 4.69) is 0 Å². The summed E-state index contributed by atoms with van der Waals surface area (Å²) >= 11 is 11.5. The molecule has 0 aliphatic heterocycles. The van der Waals surface area contributed by atoms with Crippen LogP contribution in [0, 0.1) is 0 Å². The average molecular weight is 194 g/mol. The number of allylic oxidation sites excluding steroid dienone is 3. The second-order valence-electron chi connectivity index (χ2n) is 2.40. The quantitative estimate of drug-likeness (QED) is 0.686. The number of rotatable bonds is 3. The summed E-state index contributed by atoms with van der Waals surface area (Å²) in [5.41, 5.74) is 6.43. The highest BCUT2D eigenvalue weighted by atomic mass is 35.5. The molecule has 0 saturated carbocycles. The van der Waals surface area contributed by atoms with Crippen molar-refractivity contribution in [3.63, 3.8) is 0 Å². The third-order valence-corrected chi connectivity index (χ3v) is 1.79. The van der Waals surface area contributed by atoms with Crippen molar-refractivity contribution >= 4 is 23.2 Å². The Hall–Kier alpha value is 0.0200.